The van der Waals surface area contributed by atoms with Crippen molar-refractivity contribution in [2.75, 3.05) is 26.7 Å². The quantitative estimate of drug-likeness (QED) is 0.830. The third-order valence-corrected chi connectivity index (χ3v) is 4.61. The van der Waals surface area contributed by atoms with Gasteiger partial charge in [0.15, 0.2) is 0 Å². The molecule has 2 aliphatic rings. The van der Waals surface area contributed by atoms with Crippen LogP contribution in [0.3, 0.4) is 0 Å². The monoisotopic (exact) mass is 260 g/mol. The highest BCUT2D eigenvalue weighted by molar-refractivity contribution is 5.27. The molecule has 0 N–H and O–H groups in total. The predicted octanol–water partition coefficient (Wildman–Crippen LogP) is 2.36. The summed E-state index contributed by atoms with van der Waals surface area (Å²) in [5.41, 5.74) is 1.39. The van der Waals surface area contributed by atoms with Gasteiger partial charge in [-0.3, -0.25) is 9.80 Å². The summed E-state index contributed by atoms with van der Waals surface area (Å²) in [6.45, 7) is 7.20. The number of hydrogen-bond donors (Lipinski definition) is 0. The highest BCUT2D eigenvalue weighted by Crippen LogP contribution is 2.26. The van der Waals surface area contributed by atoms with E-state index in [9.17, 15) is 0 Å². The minimum atomic E-state index is 0.663. The zero-order chi connectivity index (χ0) is 13.2. The Bertz CT molecular complexity index is 417. The van der Waals surface area contributed by atoms with E-state index in [-0.39, 0.29) is 0 Å². The van der Waals surface area contributed by atoms with E-state index >= 15 is 0 Å². The van der Waals surface area contributed by atoms with Crippen molar-refractivity contribution in [1.82, 2.24) is 9.80 Å². The van der Waals surface area contributed by atoms with Crippen LogP contribution < -0.4 is 4.74 Å². The average Bonchev–Trinajstić information content (AvgIpc) is 2.87. The van der Waals surface area contributed by atoms with Crippen LogP contribution in [0, 0.1) is 0 Å². The SMILES string of the molecule is COc1ccc(CN2CC3CCCN3C[C@H]2C)cc1. The van der Waals surface area contributed by atoms with Crippen molar-refractivity contribution in [1.29, 1.82) is 0 Å². The van der Waals surface area contributed by atoms with Crippen molar-refractivity contribution in [3.63, 3.8) is 0 Å². The van der Waals surface area contributed by atoms with E-state index in [4.69, 9.17) is 4.74 Å². The van der Waals surface area contributed by atoms with Gasteiger partial charge in [-0.2, -0.15) is 0 Å². The van der Waals surface area contributed by atoms with Crippen LogP contribution in [0.25, 0.3) is 0 Å². The molecule has 104 valence electrons. The van der Waals surface area contributed by atoms with Gasteiger partial charge in [-0.15, -0.1) is 0 Å². The lowest BCUT2D eigenvalue weighted by molar-refractivity contribution is 0.0540. The van der Waals surface area contributed by atoms with Crippen LogP contribution in [0.2, 0.25) is 0 Å². The highest BCUT2D eigenvalue weighted by atomic mass is 16.5. The van der Waals surface area contributed by atoms with Crippen molar-refractivity contribution < 1.29 is 4.74 Å². The van der Waals surface area contributed by atoms with Crippen molar-refractivity contribution in [3.05, 3.63) is 29.8 Å². The molecule has 1 aromatic rings. The molecule has 3 rings (SSSR count). The molecular formula is C16H24N2O. The summed E-state index contributed by atoms with van der Waals surface area (Å²) < 4.78 is 5.22. The van der Waals surface area contributed by atoms with Crippen LogP contribution in [-0.2, 0) is 6.54 Å². The van der Waals surface area contributed by atoms with Gasteiger partial charge >= 0.3 is 0 Å². The largest absolute Gasteiger partial charge is 0.497 e. The summed E-state index contributed by atoms with van der Waals surface area (Å²) in [4.78, 5) is 5.31. The predicted molar refractivity (Wildman–Crippen MR) is 77.5 cm³/mol. The molecule has 0 amide bonds. The van der Waals surface area contributed by atoms with E-state index in [1.165, 1.54) is 38.0 Å². The molecule has 2 atom stereocenters. The number of fused-ring (bicyclic) bond motifs is 1. The zero-order valence-corrected chi connectivity index (χ0v) is 12.0. The number of ether oxygens (including phenoxy) is 1. The molecule has 0 spiro atoms. The second-order valence-corrected chi connectivity index (χ2v) is 5.92. The maximum Gasteiger partial charge on any atom is 0.118 e. The molecule has 2 saturated heterocycles. The van der Waals surface area contributed by atoms with Crippen LogP contribution in [0.4, 0.5) is 0 Å². The fraction of sp³-hybridized carbons (Fsp3) is 0.625. The van der Waals surface area contributed by atoms with Crippen LogP contribution in [0.15, 0.2) is 24.3 Å². The number of methoxy groups -OCH3 is 1. The highest BCUT2D eigenvalue weighted by Gasteiger charge is 2.34. The molecule has 1 aromatic carbocycles. The maximum atomic E-state index is 5.22. The Kier molecular flexibility index (Phi) is 3.76. The van der Waals surface area contributed by atoms with Crippen molar-refractivity contribution >= 4 is 0 Å². The summed E-state index contributed by atoms with van der Waals surface area (Å²) in [5, 5.41) is 0. The summed E-state index contributed by atoms with van der Waals surface area (Å²) in [7, 11) is 1.72. The topological polar surface area (TPSA) is 15.7 Å². The summed E-state index contributed by atoms with van der Waals surface area (Å²) >= 11 is 0. The molecular weight excluding hydrogens is 236 g/mol. The molecule has 0 saturated carbocycles. The molecule has 3 nitrogen and oxygen atoms in total. The van der Waals surface area contributed by atoms with Crippen molar-refractivity contribution in [3.8, 4) is 5.75 Å². The molecule has 19 heavy (non-hydrogen) atoms. The van der Waals surface area contributed by atoms with Gasteiger partial charge in [0, 0.05) is 31.7 Å². The van der Waals surface area contributed by atoms with Gasteiger partial charge in [0.05, 0.1) is 7.11 Å². The first kappa shape index (κ1) is 12.9. The van der Waals surface area contributed by atoms with E-state index in [1.54, 1.807) is 7.11 Å². The lowest BCUT2D eigenvalue weighted by Gasteiger charge is -2.42. The van der Waals surface area contributed by atoms with Crippen molar-refractivity contribution in [2.45, 2.75) is 38.4 Å². The molecule has 2 aliphatic heterocycles. The lowest BCUT2D eigenvalue weighted by Crippen LogP contribution is -2.54. The standard InChI is InChI=1S/C16H24N2O/c1-13-10-17-9-3-4-15(17)12-18(13)11-14-5-7-16(19-2)8-6-14/h5-8,13,15H,3-4,9-12H2,1-2H3/t13-,15?/m1/s1. The fourth-order valence-electron chi connectivity index (χ4n) is 3.43. The third-order valence-electron chi connectivity index (χ3n) is 4.61. The minimum absolute atomic E-state index is 0.663. The maximum absolute atomic E-state index is 5.22. The van der Waals surface area contributed by atoms with Gasteiger partial charge < -0.3 is 4.74 Å². The number of rotatable bonds is 3. The Morgan fingerprint density at radius 3 is 2.74 bits per heavy atom. The molecule has 0 bridgehead atoms. The molecule has 1 unspecified atom stereocenters. The van der Waals surface area contributed by atoms with E-state index in [2.05, 4.69) is 41.0 Å². The van der Waals surface area contributed by atoms with Gasteiger partial charge in [0.2, 0.25) is 0 Å². The summed E-state index contributed by atoms with van der Waals surface area (Å²) in [6, 6.07) is 9.96. The number of hydrogen-bond acceptors (Lipinski definition) is 3. The first-order valence-corrected chi connectivity index (χ1v) is 7.37. The summed E-state index contributed by atoms with van der Waals surface area (Å²) in [5.74, 6) is 0.942. The van der Waals surface area contributed by atoms with Crippen LogP contribution >= 0.6 is 0 Å². The normalized spacial score (nSPS) is 28.3. The molecule has 2 heterocycles. The minimum Gasteiger partial charge on any atom is -0.497 e. The molecule has 0 radical (unpaired) electrons. The number of piperazine rings is 1. The number of nitrogens with zero attached hydrogens (tertiary/aromatic N) is 2. The molecule has 2 fully saturated rings. The van der Waals surface area contributed by atoms with Gasteiger partial charge in [-0.1, -0.05) is 12.1 Å². The Morgan fingerprint density at radius 1 is 1.21 bits per heavy atom. The molecule has 0 aliphatic carbocycles. The van der Waals surface area contributed by atoms with Crippen LogP contribution in [0.5, 0.6) is 5.75 Å². The second kappa shape index (κ2) is 5.51. The molecule has 3 heteroatoms. The zero-order valence-electron chi connectivity index (χ0n) is 12.0. The number of benzene rings is 1. The van der Waals surface area contributed by atoms with Gasteiger partial charge in [0.25, 0.3) is 0 Å². The summed E-state index contributed by atoms with van der Waals surface area (Å²) in [6.07, 6.45) is 2.76. The Labute approximate surface area is 116 Å². The fourth-order valence-corrected chi connectivity index (χ4v) is 3.43. The van der Waals surface area contributed by atoms with Crippen molar-refractivity contribution in [2.24, 2.45) is 0 Å². The first-order chi connectivity index (χ1) is 9.26. The lowest BCUT2D eigenvalue weighted by atomic mass is 10.1. The van der Waals surface area contributed by atoms with Gasteiger partial charge in [0.1, 0.15) is 5.75 Å². The van der Waals surface area contributed by atoms with Crippen LogP contribution in [-0.4, -0.2) is 48.6 Å². The molecule has 0 aromatic heterocycles. The third kappa shape index (κ3) is 2.77. The van der Waals surface area contributed by atoms with Crippen LogP contribution in [0.1, 0.15) is 25.3 Å². The van der Waals surface area contributed by atoms with Gasteiger partial charge in [-0.05, 0) is 44.0 Å². The Balaban J connectivity index is 1.64. The van der Waals surface area contributed by atoms with E-state index in [0.717, 1.165) is 18.3 Å². The Hall–Kier alpha value is -1.06. The van der Waals surface area contributed by atoms with E-state index in [1.807, 2.05) is 0 Å². The van der Waals surface area contributed by atoms with E-state index < -0.39 is 0 Å². The second-order valence-electron chi connectivity index (χ2n) is 5.92. The Morgan fingerprint density at radius 2 is 2.00 bits per heavy atom. The smallest absolute Gasteiger partial charge is 0.118 e. The average molecular weight is 260 g/mol. The van der Waals surface area contributed by atoms with Gasteiger partial charge in [-0.25, -0.2) is 0 Å². The first-order valence-electron chi connectivity index (χ1n) is 7.37. The van der Waals surface area contributed by atoms with E-state index in [0.29, 0.717) is 6.04 Å².